The topological polar surface area (TPSA) is 66.5 Å². The van der Waals surface area contributed by atoms with E-state index >= 15 is 0 Å². The molecule has 0 spiro atoms. The van der Waals surface area contributed by atoms with E-state index in [0.29, 0.717) is 46.2 Å². The standard InChI is InChI=1S/C21H24Cl2N2O3S/c1-14-9-15(2)13-25(12-14)29(27,28)17-6-3-5-16(10-17)20(26)11-24-21-18(22)7-4-8-19(21)23/h3-8,10,14-15,24H,9,11-13H2,1-2H3. The van der Waals surface area contributed by atoms with Crippen LogP contribution in [0.15, 0.2) is 47.4 Å². The van der Waals surface area contributed by atoms with Crippen LogP contribution in [0.1, 0.15) is 30.6 Å². The van der Waals surface area contributed by atoms with Crippen molar-refractivity contribution in [2.24, 2.45) is 11.8 Å². The number of hydrogen-bond donors (Lipinski definition) is 1. The number of carbonyl (C=O) groups is 1. The molecule has 8 heteroatoms. The summed E-state index contributed by atoms with van der Waals surface area (Å²) < 4.78 is 27.7. The second-order valence-electron chi connectivity index (χ2n) is 7.67. The highest BCUT2D eigenvalue weighted by atomic mass is 35.5. The summed E-state index contributed by atoms with van der Waals surface area (Å²) in [6.07, 6.45) is 1.01. The summed E-state index contributed by atoms with van der Waals surface area (Å²) in [4.78, 5) is 12.8. The molecule has 5 nitrogen and oxygen atoms in total. The quantitative estimate of drug-likeness (QED) is 0.626. The highest BCUT2D eigenvalue weighted by Crippen LogP contribution is 2.30. The molecule has 1 aliphatic heterocycles. The van der Waals surface area contributed by atoms with E-state index in [1.165, 1.54) is 16.4 Å². The molecule has 0 saturated carbocycles. The van der Waals surface area contributed by atoms with Crippen LogP contribution in [0.25, 0.3) is 0 Å². The van der Waals surface area contributed by atoms with Gasteiger partial charge < -0.3 is 5.32 Å². The van der Waals surface area contributed by atoms with Crippen LogP contribution in [0.3, 0.4) is 0 Å². The Labute approximate surface area is 182 Å². The number of benzene rings is 2. The Hall–Kier alpha value is -1.60. The van der Waals surface area contributed by atoms with E-state index in [1.807, 2.05) is 0 Å². The molecular formula is C21H24Cl2N2O3S. The number of piperidine rings is 1. The fraction of sp³-hybridized carbons (Fsp3) is 0.381. The Kier molecular flexibility index (Phi) is 6.89. The second-order valence-corrected chi connectivity index (χ2v) is 10.4. The van der Waals surface area contributed by atoms with E-state index < -0.39 is 10.0 Å². The summed E-state index contributed by atoms with van der Waals surface area (Å²) in [7, 11) is -3.65. The van der Waals surface area contributed by atoms with Crippen molar-refractivity contribution < 1.29 is 13.2 Å². The average Bonchev–Trinajstić information content (AvgIpc) is 2.67. The molecule has 156 valence electrons. The van der Waals surface area contributed by atoms with Crippen LogP contribution in [-0.4, -0.2) is 38.1 Å². The molecule has 0 aromatic heterocycles. The Morgan fingerprint density at radius 2 is 1.66 bits per heavy atom. The number of hydrogen-bond acceptors (Lipinski definition) is 4. The van der Waals surface area contributed by atoms with Crippen molar-refractivity contribution >= 4 is 44.7 Å². The van der Waals surface area contributed by atoms with Crippen molar-refractivity contribution in [3.05, 3.63) is 58.1 Å². The number of ketones is 1. The largest absolute Gasteiger partial charge is 0.375 e. The molecule has 2 unspecified atom stereocenters. The summed E-state index contributed by atoms with van der Waals surface area (Å²) in [5.41, 5.74) is 0.795. The summed E-state index contributed by atoms with van der Waals surface area (Å²) in [5, 5.41) is 3.76. The highest BCUT2D eigenvalue weighted by Gasteiger charge is 2.31. The van der Waals surface area contributed by atoms with Crippen molar-refractivity contribution in [2.45, 2.75) is 25.2 Å². The van der Waals surface area contributed by atoms with Crippen LogP contribution in [0.4, 0.5) is 5.69 Å². The molecule has 1 fully saturated rings. The molecule has 3 rings (SSSR count). The van der Waals surface area contributed by atoms with Crippen molar-refractivity contribution in [1.29, 1.82) is 0 Å². The molecule has 1 aliphatic rings. The van der Waals surface area contributed by atoms with Crippen molar-refractivity contribution in [3.8, 4) is 0 Å². The first-order chi connectivity index (χ1) is 13.7. The van der Waals surface area contributed by atoms with Gasteiger partial charge in [0.2, 0.25) is 10.0 Å². The fourth-order valence-corrected chi connectivity index (χ4v) is 5.98. The smallest absolute Gasteiger partial charge is 0.243 e. The minimum Gasteiger partial charge on any atom is -0.375 e. The number of Topliss-reactive ketones (excluding diaryl/α,β-unsaturated/α-hetero) is 1. The van der Waals surface area contributed by atoms with E-state index in [4.69, 9.17) is 23.2 Å². The monoisotopic (exact) mass is 454 g/mol. The van der Waals surface area contributed by atoms with Gasteiger partial charge >= 0.3 is 0 Å². The zero-order chi connectivity index (χ0) is 21.2. The second kappa shape index (κ2) is 9.04. The highest BCUT2D eigenvalue weighted by molar-refractivity contribution is 7.89. The minimum atomic E-state index is -3.65. The predicted molar refractivity (Wildman–Crippen MR) is 117 cm³/mol. The van der Waals surface area contributed by atoms with E-state index in [0.717, 1.165) is 6.42 Å². The molecule has 2 atom stereocenters. The molecule has 1 heterocycles. The van der Waals surface area contributed by atoms with Crippen molar-refractivity contribution in [1.82, 2.24) is 4.31 Å². The predicted octanol–water partition coefficient (Wildman–Crippen LogP) is 4.95. The lowest BCUT2D eigenvalue weighted by molar-refractivity contribution is 0.101. The molecule has 0 bridgehead atoms. The Bertz CT molecular complexity index is 980. The maximum atomic E-state index is 13.1. The van der Waals surface area contributed by atoms with Crippen LogP contribution in [0.5, 0.6) is 0 Å². The number of para-hydroxylation sites is 1. The maximum Gasteiger partial charge on any atom is 0.243 e. The number of carbonyl (C=O) groups excluding carboxylic acids is 1. The SMILES string of the molecule is CC1CC(C)CN(S(=O)(=O)c2cccc(C(=O)CNc3c(Cl)cccc3Cl)c2)C1. The fourth-order valence-electron chi connectivity index (χ4n) is 3.72. The zero-order valence-electron chi connectivity index (χ0n) is 16.4. The molecule has 0 radical (unpaired) electrons. The van der Waals surface area contributed by atoms with Crippen LogP contribution >= 0.6 is 23.2 Å². The van der Waals surface area contributed by atoms with E-state index in [2.05, 4.69) is 19.2 Å². The molecule has 1 N–H and O–H groups in total. The summed E-state index contributed by atoms with van der Waals surface area (Å²) >= 11 is 12.2. The number of anilines is 1. The molecule has 1 saturated heterocycles. The van der Waals surface area contributed by atoms with Gasteiger partial charge in [-0.25, -0.2) is 8.42 Å². The number of sulfonamides is 1. The van der Waals surface area contributed by atoms with E-state index in [-0.39, 0.29) is 17.2 Å². The van der Waals surface area contributed by atoms with Crippen LogP contribution < -0.4 is 5.32 Å². The number of rotatable bonds is 6. The van der Waals surface area contributed by atoms with Crippen molar-refractivity contribution in [3.63, 3.8) is 0 Å². The lowest BCUT2D eigenvalue weighted by atomic mass is 9.94. The zero-order valence-corrected chi connectivity index (χ0v) is 18.7. The third kappa shape index (κ3) is 5.12. The van der Waals surface area contributed by atoms with Crippen LogP contribution in [0, 0.1) is 11.8 Å². The van der Waals surface area contributed by atoms with Gasteiger partial charge in [0, 0.05) is 18.7 Å². The summed E-state index contributed by atoms with van der Waals surface area (Å²) in [6, 6.07) is 11.3. The van der Waals surface area contributed by atoms with Crippen LogP contribution in [0.2, 0.25) is 10.0 Å². The van der Waals surface area contributed by atoms with Gasteiger partial charge in [-0.05, 0) is 42.5 Å². The first-order valence-electron chi connectivity index (χ1n) is 9.49. The summed E-state index contributed by atoms with van der Waals surface area (Å²) in [5.74, 6) is 0.365. The molecular weight excluding hydrogens is 431 g/mol. The van der Waals surface area contributed by atoms with Gasteiger partial charge in [0.25, 0.3) is 0 Å². The van der Waals surface area contributed by atoms with Crippen molar-refractivity contribution in [2.75, 3.05) is 25.0 Å². The minimum absolute atomic E-state index is 0.0509. The van der Waals surface area contributed by atoms with Gasteiger partial charge in [-0.2, -0.15) is 4.31 Å². The maximum absolute atomic E-state index is 13.1. The molecule has 0 amide bonds. The Morgan fingerprint density at radius 3 is 2.28 bits per heavy atom. The van der Waals surface area contributed by atoms with Gasteiger partial charge in [-0.3, -0.25) is 4.79 Å². The lowest BCUT2D eigenvalue weighted by Gasteiger charge is -2.34. The average molecular weight is 455 g/mol. The first-order valence-corrected chi connectivity index (χ1v) is 11.7. The van der Waals surface area contributed by atoms with Gasteiger partial charge in [0.05, 0.1) is 27.2 Å². The number of nitrogens with one attached hydrogen (secondary N) is 1. The Balaban J connectivity index is 1.77. The lowest BCUT2D eigenvalue weighted by Crippen LogP contribution is -2.42. The number of nitrogens with zero attached hydrogens (tertiary/aromatic N) is 1. The van der Waals surface area contributed by atoms with Gasteiger partial charge in [-0.1, -0.05) is 55.2 Å². The van der Waals surface area contributed by atoms with Gasteiger partial charge in [0.15, 0.2) is 5.78 Å². The molecule has 2 aromatic rings. The van der Waals surface area contributed by atoms with E-state index in [9.17, 15) is 13.2 Å². The van der Waals surface area contributed by atoms with E-state index in [1.54, 1.807) is 30.3 Å². The number of halogens is 2. The Morgan fingerprint density at radius 1 is 1.07 bits per heavy atom. The normalized spacial score (nSPS) is 20.4. The third-order valence-corrected chi connectivity index (χ3v) is 7.48. The van der Waals surface area contributed by atoms with Gasteiger partial charge in [0.1, 0.15) is 0 Å². The van der Waals surface area contributed by atoms with Gasteiger partial charge in [-0.15, -0.1) is 0 Å². The molecule has 2 aromatic carbocycles. The first kappa shape index (κ1) is 22.1. The molecule has 0 aliphatic carbocycles. The molecule has 29 heavy (non-hydrogen) atoms. The van der Waals surface area contributed by atoms with Crippen LogP contribution in [-0.2, 0) is 10.0 Å². The third-order valence-electron chi connectivity index (χ3n) is 5.02. The summed E-state index contributed by atoms with van der Waals surface area (Å²) in [6.45, 7) is 5.06.